The summed E-state index contributed by atoms with van der Waals surface area (Å²) >= 11 is 0. The van der Waals surface area contributed by atoms with Crippen LogP contribution in [0.5, 0.6) is 5.75 Å². The van der Waals surface area contributed by atoms with Crippen LogP contribution in [0.1, 0.15) is 24.5 Å². The maximum atomic E-state index is 9.93. The Hall–Kier alpha value is -1.59. The smallest absolute Gasteiger partial charge is 0.196 e. The van der Waals surface area contributed by atoms with Crippen molar-refractivity contribution in [1.29, 1.82) is 0 Å². The molecule has 0 amide bonds. The molecule has 1 aromatic heterocycles. The number of aliphatic hydroxyl groups excluding tert-OH is 1. The minimum atomic E-state index is -0.921. The second-order valence-corrected chi connectivity index (χ2v) is 3.89. The molecule has 16 heavy (non-hydrogen) atoms. The Morgan fingerprint density at radius 3 is 2.75 bits per heavy atom. The van der Waals surface area contributed by atoms with Gasteiger partial charge < -0.3 is 20.4 Å². The second-order valence-electron chi connectivity index (χ2n) is 3.89. The first kappa shape index (κ1) is 10.9. The van der Waals surface area contributed by atoms with Crippen molar-refractivity contribution in [1.82, 2.24) is 4.98 Å². The predicted octanol–water partition coefficient (Wildman–Crippen LogP) is 1.22. The second kappa shape index (κ2) is 3.77. The summed E-state index contributed by atoms with van der Waals surface area (Å²) in [5.74, 6) is 0.376. The quantitative estimate of drug-likeness (QED) is 0.710. The van der Waals surface area contributed by atoms with Crippen molar-refractivity contribution in [3.05, 3.63) is 23.6 Å². The van der Waals surface area contributed by atoms with Gasteiger partial charge in [0.25, 0.3) is 0 Å². The molecule has 2 aromatic rings. The third-order valence-electron chi connectivity index (χ3n) is 2.49. The van der Waals surface area contributed by atoms with Crippen LogP contribution in [0.2, 0.25) is 0 Å². The zero-order valence-corrected chi connectivity index (χ0v) is 9.14. The molecule has 0 spiro atoms. The summed E-state index contributed by atoms with van der Waals surface area (Å²) in [5.41, 5.74) is 6.79. The number of aryl methyl sites for hydroxylation is 1. The SMILES string of the molecule is Cc1nc2ccc(C(O)C(C)N)c(O)c2o1. The van der Waals surface area contributed by atoms with Gasteiger partial charge in [-0.05, 0) is 13.0 Å². The molecule has 4 N–H and O–H groups in total. The van der Waals surface area contributed by atoms with E-state index in [9.17, 15) is 10.2 Å². The van der Waals surface area contributed by atoms with Crippen LogP contribution >= 0.6 is 0 Å². The Bertz CT molecular complexity index is 519. The topological polar surface area (TPSA) is 92.5 Å². The normalized spacial score (nSPS) is 15.2. The van der Waals surface area contributed by atoms with Crippen LogP contribution in [0.25, 0.3) is 11.1 Å². The van der Waals surface area contributed by atoms with E-state index < -0.39 is 12.1 Å². The monoisotopic (exact) mass is 222 g/mol. The van der Waals surface area contributed by atoms with Crippen LogP contribution in [0, 0.1) is 6.92 Å². The molecule has 5 nitrogen and oxygen atoms in total. The van der Waals surface area contributed by atoms with Crippen LogP contribution in [0.15, 0.2) is 16.5 Å². The molecule has 2 atom stereocenters. The number of phenolic OH excluding ortho intramolecular Hbond substituents is 1. The van der Waals surface area contributed by atoms with E-state index in [2.05, 4.69) is 4.98 Å². The highest BCUT2D eigenvalue weighted by atomic mass is 16.4. The fourth-order valence-corrected chi connectivity index (χ4v) is 1.63. The number of fused-ring (bicyclic) bond motifs is 1. The van der Waals surface area contributed by atoms with Gasteiger partial charge >= 0.3 is 0 Å². The van der Waals surface area contributed by atoms with E-state index in [-0.39, 0.29) is 11.3 Å². The number of benzene rings is 1. The van der Waals surface area contributed by atoms with E-state index in [1.165, 1.54) is 0 Å². The molecule has 0 aliphatic rings. The van der Waals surface area contributed by atoms with Crippen molar-refractivity contribution in [3.8, 4) is 5.75 Å². The molecule has 0 bridgehead atoms. The first-order valence-electron chi connectivity index (χ1n) is 5.03. The summed E-state index contributed by atoms with van der Waals surface area (Å²) in [4.78, 5) is 4.08. The molecule has 5 heteroatoms. The summed E-state index contributed by atoms with van der Waals surface area (Å²) in [7, 11) is 0. The number of aliphatic hydroxyl groups is 1. The lowest BCUT2D eigenvalue weighted by molar-refractivity contribution is 0.150. The van der Waals surface area contributed by atoms with E-state index in [0.29, 0.717) is 17.0 Å². The summed E-state index contributed by atoms with van der Waals surface area (Å²) in [6.07, 6.45) is -0.921. The average Bonchev–Trinajstić information content (AvgIpc) is 2.59. The molecular weight excluding hydrogens is 208 g/mol. The molecule has 0 aliphatic carbocycles. The third kappa shape index (κ3) is 1.64. The Labute approximate surface area is 92.5 Å². The van der Waals surface area contributed by atoms with E-state index >= 15 is 0 Å². The molecule has 2 unspecified atom stereocenters. The number of aromatic nitrogens is 1. The van der Waals surface area contributed by atoms with Gasteiger partial charge in [-0.3, -0.25) is 0 Å². The zero-order valence-electron chi connectivity index (χ0n) is 9.14. The fraction of sp³-hybridized carbons (Fsp3) is 0.364. The van der Waals surface area contributed by atoms with Gasteiger partial charge in [-0.1, -0.05) is 6.07 Å². The van der Waals surface area contributed by atoms with E-state index in [0.717, 1.165) is 0 Å². The van der Waals surface area contributed by atoms with Crippen molar-refractivity contribution in [2.24, 2.45) is 5.73 Å². The lowest BCUT2D eigenvalue weighted by Crippen LogP contribution is -2.24. The van der Waals surface area contributed by atoms with Gasteiger partial charge in [0.2, 0.25) is 0 Å². The highest BCUT2D eigenvalue weighted by molar-refractivity contribution is 5.80. The molecule has 86 valence electrons. The number of aromatic hydroxyl groups is 1. The summed E-state index contributed by atoms with van der Waals surface area (Å²) in [6.45, 7) is 3.36. The van der Waals surface area contributed by atoms with Crippen LogP contribution in [0.4, 0.5) is 0 Å². The number of hydrogen-bond donors (Lipinski definition) is 3. The van der Waals surface area contributed by atoms with Gasteiger partial charge in [-0.2, -0.15) is 0 Å². The van der Waals surface area contributed by atoms with Gasteiger partial charge in [0, 0.05) is 18.5 Å². The van der Waals surface area contributed by atoms with Crippen molar-refractivity contribution in [3.63, 3.8) is 0 Å². The van der Waals surface area contributed by atoms with E-state index in [4.69, 9.17) is 10.2 Å². The Kier molecular flexibility index (Phi) is 2.57. The van der Waals surface area contributed by atoms with Crippen molar-refractivity contribution in [2.75, 3.05) is 0 Å². The molecule has 0 saturated carbocycles. The first-order valence-corrected chi connectivity index (χ1v) is 5.03. The molecular formula is C11H14N2O3. The van der Waals surface area contributed by atoms with E-state index in [1.54, 1.807) is 26.0 Å². The number of nitrogens with two attached hydrogens (primary N) is 1. The molecule has 0 fully saturated rings. The molecule has 0 saturated heterocycles. The van der Waals surface area contributed by atoms with Crippen LogP contribution < -0.4 is 5.73 Å². The van der Waals surface area contributed by atoms with E-state index in [1.807, 2.05) is 0 Å². The molecule has 1 aromatic carbocycles. The van der Waals surface area contributed by atoms with Gasteiger partial charge in [-0.15, -0.1) is 0 Å². The van der Waals surface area contributed by atoms with Crippen LogP contribution in [-0.4, -0.2) is 21.2 Å². The average molecular weight is 222 g/mol. The molecule has 0 radical (unpaired) electrons. The summed E-state index contributed by atoms with van der Waals surface area (Å²) < 4.78 is 5.26. The highest BCUT2D eigenvalue weighted by Crippen LogP contribution is 2.33. The van der Waals surface area contributed by atoms with Gasteiger partial charge in [0.05, 0.1) is 6.10 Å². The van der Waals surface area contributed by atoms with Crippen LogP contribution in [-0.2, 0) is 0 Å². The number of hydrogen-bond acceptors (Lipinski definition) is 5. The van der Waals surface area contributed by atoms with Gasteiger partial charge in [0.1, 0.15) is 5.52 Å². The largest absolute Gasteiger partial charge is 0.504 e. The number of phenols is 1. The zero-order chi connectivity index (χ0) is 11.9. The Morgan fingerprint density at radius 2 is 2.12 bits per heavy atom. The predicted molar refractivity (Wildman–Crippen MR) is 59.0 cm³/mol. The Morgan fingerprint density at radius 1 is 1.44 bits per heavy atom. The molecule has 2 rings (SSSR count). The third-order valence-corrected chi connectivity index (χ3v) is 2.49. The van der Waals surface area contributed by atoms with Crippen LogP contribution in [0.3, 0.4) is 0 Å². The minimum Gasteiger partial charge on any atom is -0.504 e. The molecule has 1 heterocycles. The highest BCUT2D eigenvalue weighted by Gasteiger charge is 2.20. The maximum Gasteiger partial charge on any atom is 0.196 e. The molecule has 0 aliphatic heterocycles. The van der Waals surface area contributed by atoms with Gasteiger partial charge in [-0.25, -0.2) is 4.98 Å². The number of nitrogens with zero attached hydrogens (tertiary/aromatic N) is 1. The lowest BCUT2D eigenvalue weighted by atomic mass is 10.0. The maximum absolute atomic E-state index is 9.93. The minimum absolute atomic E-state index is 0.0945. The summed E-state index contributed by atoms with van der Waals surface area (Å²) in [6, 6.07) is 2.83. The number of oxazole rings is 1. The van der Waals surface area contributed by atoms with Crippen molar-refractivity contribution >= 4 is 11.1 Å². The summed E-state index contributed by atoms with van der Waals surface area (Å²) in [5, 5.41) is 19.7. The standard InChI is InChI=1S/C11H14N2O3/c1-5(12)9(14)7-3-4-8-11(10(7)15)16-6(2)13-8/h3-5,9,14-15H,12H2,1-2H3. The lowest BCUT2D eigenvalue weighted by Gasteiger charge is -2.15. The Balaban J connectivity index is 2.60. The number of rotatable bonds is 2. The first-order chi connectivity index (χ1) is 7.50. The van der Waals surface area contributed by atoms with Crippen molar-refractivity contribution in [2.45, 2.75) is 26.0 Å². The van der Waals surface area contributed by atoms with Crippen molar-refractivity contribution < 1.29 is 14.6 Å². The van der Waals surface area contributed by atoms with Gasteiger partial charge in [0.15, 0.2) is 17.2 Å². The fourth-order valence-electron chi connectivity index (χ4n) is 1.63.